The number of ether oxygens (including phenoxy) is 1. The van der Waals surface area contributed by atoms with Crippen LogP contribution >= 0.6 is 0 Å². The molecule has 1 atom stereocenters. The molecule has 1 N–H and O–H groups in total. The smallest absolute Gasteiger partial charge is 0.326 e. The second-order valence-corrected chi connectivity index (χ2v) is 6.02. The van der Waals surface area contributed by atoms with Crippen LogP contribution in [0, 0.1) is 0 Å². The Balaban J connectivity index is 2.25. The first-order chi connectivity index (χ1) is 9.62. The number of esters is 1. The predicted octanol–water partition coefficient (Wildman–Crippen LogP) is 2.57. The van der Waals surface area contributed by atoms with Gasteiger partial charge in [0.2, 0.25) is 0 Å². The van der Waals surface area contributed by atoms with E-state index in [1.165, 1.54) is 45.3 Å². The van der Waals surface area contributed by atoms with Crippen LogP contribution < -0.4 is 5.32 Å². The van der Waals surface area contributed by atoms with Crippen LogP contribution in [0.25, 0.3) is 0 Å². The Hall–Kier alpha value is -0.610. The number of nitrogens with one attached hydrogen (secondary N) is 1. The summed E-state index contributed by atoms with van der Waals surface area (Å²) in [5.74, 6) is -0.128. The zero-order chi connectivity index (χ0) is 14.8. The van der Waals surface area contributed by atoms with Crippen molar-refractivity contribution in [2.24, 2.45) is 0 Å². The van der Waals surface area contributed by atoms with Crippen molar-refractivity contribution in [3.05, 3.63) is 0 Å². The molecule has 118 valence electrons. The molecule has 1 fully saturated rings. The lowest BCUT2D eigenvalue weighted by molar-refractivity contribution is -0.150. The normalized spacial score (nSPS) is 20.1. The lowest BCUT2D eigenvalue weighted by Gasteiger charge is -2.27. The Morgan fingerprint density at radius 2 is 1.85 bits per heavy atom. The monoisotopic (exact) mass is 284 g/mol. The van der Waals surface area contributed by atoms with E-state index < -0.39 is 5.54 Å². The van der Waals surface area contributed by atoms with Gasteiger partial charge >= 0.3 is 5.97 Å². The van der Waals surface area contributed by atoms with E-state index >= 15 is 0 Å². The van der Waals surface area contributed by atoms with Crippen molar-refractivity contribution >= 4 is 5.97 Å². The molecule has 1 unspecified atom stereocenters. The lowest BCUT2D eigenvalue weighted by atomic mass is 9.95. The van der Waals surface area contributed by atoms with Crippen LogP contribution in [0.1, 0.15) is 58.8 Å². The summed E-state index contributed by atoms with van der Waals surface area (Å²) in [6.07, 6.45) is 8.53. The summed E-state index contributed by atoms with van der Waals surface area (Å²) in [6.45, 7) is 7.92. The van der Waals surface area contributed by atoms with Crippen molar-refractivity contribution in [2.45, 2.75) is 64.3 Å². The Bertz CT molecular complexity index is 276. The first kappa shape index (κ1) is 17.4. The second-order valence-electron chi connectivity index (χ2n) is 6.02. The molecule has 1 aliphatic heterocycles. The van der Waals surface area contributed by atoms with Crippen molar-refractivity contribution in [1.29, 1.82) is 0 Å². The van der Waals surface area contributed by atoms with Crippen molar-refractivity contribution < 1.29 is 9.53 Å². The third kappa shape index (κ3) is 5.80. The summed E-state index contributed by atoms with van der Waals surface area (Å²) < 4.78 is 5.15. The molecule has 1 heterocycles. The fourth-order valence-corrected chi connectivity index (χ4v) is 2.79. The minimum Gasteiger partial charge on any atom is -0.465 e. The van der Waals surface area contributed by atoms with Crippen molar-refractivity contribution in [3.63, 3.8) is 0 Å². The van der Waals surface area contributed by atoms with Crippen LogP contribution in [0.3, 0.4) is 0 Å². The van der Waals surface area contributed by atoms with Gasteiger partial charge in [0.25, 0.3) is 0 Å². The zero-order valence-electron chi connectivity index (χ0n) is 13.5. The minimum atomic E-state index is -0.533. The highest BCUT2D eigenvalue weighted by Gasteiger charge is 2.32. The molecule has 1 rings (SSSR count). The predicted molar refractivity (Wildman–Crippen MR) is 82.9 cm³/mol. The molecule has 0 aromatic heterocycles. The maximum atomic E-state index is 11.9. The van der Waals surface area contributed by atoms with Gasteiger partial charge in [0.1, 0.15) is 5.54 Å². The Morgan fingerprint density at radius 3 is 2.40 bits per heavy atom. The highest BCUT2D eigenvalue weighted by atomic mass is 16.5. The summed E-state index contributed by atoms with van der Waals surface area (Å²) in [6, 6.07) is 0. The van der Waals surface area contributed by atoms with E-state index in [2.05, 4.69) is 10.2 Å². The van der Waals surface area contributed by atoms with Gasteiger partial charge in [-0.05, 0) is 72.6 Å². The number of nitrogens with zero attached hydrogens (tertiary/aromatic N) is 1. The molecule has 20 heavy (non-hydrogen) atoms. The first-order valence-electron chi connectivity index (χ1n) is 8.21. The number of unbranched alkanes of at least 4 members (excludes halogenated alkanes) is 1. The minimum absolute atomic E-state index is 0.128. The van der Waals surface area contributed by atoms with Crippen LogP contribution in [0.4, 0.5) is 0 Å². The summed E-state index contributed by atoms with van der Waals surface area (Å²) in [4.78, 5) is 14.5. The van der Waals surface area contributed by atoms with E-state index in [1.807, 2.05) is 20.9 Å². The van der Waals surface area contributed by atoms with Gasteiger partial charge in [-0.2, -0.15) is 0 Å². The fraction of sp³-hybridized carbons (Fsp3) is 0.938. The molecule has 0 aliphatic carbocycles. The van der Waals surface area contributed by atoms with Gasteiger partial charge in [0.15, 0.2) is 0 Å². The fourth-order valence-electron chi connectivity index (χ4n) is 2.79. The molecule has 0 aromatic rings. The number of likely N-dealkylation sites (N-methyl/N-ethyl adjacent to an activating group) is 1. The largest absolute Gasteiger partial charge is 0.465 e. The van der Waals surface area contributed by atoms with E-state index in [1.54, 1.807) is 0 Å². The van der Waals surface area contributed by atoms with Crippen LogP contribution in [0.5, 0.6) is 0 Å². The molecule has 0 spiro atoms. The summed E-state index contributed by atoms with van der Waals surface area (Å²) >= 11 is 0. The first-order valence-corrected chi connectivity index (χ1v) is 8.21. The van der Waals surface area contributed by atoms with Gasteiger partial charge in [-0.1, -0.05) is 12.8 Å². The van der Waals surface area contributed by atoms with Crippen molar-refractivity contribution in [2.75, 3.05) is 33.3 Å². The molecule has 0 aromatic carbocycles. The molecule has 1 saturated heterocycles. The summed E-state index contributed by atoms with van der Waals surface area (Å²) in [5, 5.41) is 3.12. The number of likely N-dealkylation sites (tertiary alicyclic amines) is 1. The molecule has 4 nitrogen and oxygen atoms in total. The SMILES string of the molecule is CCOC(=O)C(C)(CCCCN1CCCCCC1)NC. The Morgan fingerprint density at radius 1 is 1.20 bits per heavy atom. The van der Waals surface area contributed by atoms with Gasteiger partial charge in [-0.15, -0.1) is 0 Å². The van der Waals surface area contributed by atoms with E-state index in [4.69, 9.17) is 4.74 Å². The third-order valence-electron chi connectivity index (χ3n) is 4.38. The average Bonchev–Trinajstić information content (AvgIpc) is 2.72. The van der Waals surface area contributed by atoms with Gasteiger partial charge in [0.05, 0.1) is 6.61 Å². The maximum absolute atomic E-state index is 11.9. The molecule has 0 amide bonds. The quantitative estimate of drug-likeness (QED) is 0.549. The summed E-state index contributed by atoms with van der Waals surface area (Å²) in [7, 11) is 1.84. The molecular formula is C16H32N2O2. The molecule has 0 saturated carbocycles. The lowest BCUT2D eigenvalue weighted by Crippen LogP contribution is -2.48. The van der Waals surface area contributed by atoms with Crippen LogP contribution in [0.15, 0.2) is 0 Å². The van der Waals surface area contributed by atoms with Gasteiger partial charge < -0.3 is 15.0 Å². The van der Waals surface area contributed by atoms with Crippen LogP contribution in [-0.2, 0) is 9.53 Å². The third-order valence-corrected chi connectivity index (χ3v) is 4.38. The number of carbonyl (C=O) groups excluding carboxylic acids is 1. The number of hydrogen-bond acceptors (Lipinski definition) is 4. The highest BCUT2D eigenvalue weighted by molar-refractivity contribution is 5.80. The van der Waals surface area contributed by atoms with Crippen molar-refractivity contribution in [1.82, 2.24) is 10.2 Å². The highest BCUT2D eigenvalue weighted by Crippen LogP contribution is 2.17. The average molecular weight is 284 g/mol. The Kier molecular flexibility index (Phi) is 8.15. The van der Waals surface area contributed by atoms with E-state index in [0.717, 1.165) is 19.3 Å². The van der Waals surface area contributed by atoms with Gasteiger partial charge in [-0.25, -0.2) is 0 Å². The Labute approximate surface area is 124 Å². The van der Waals surface area contributed by atoms with E-state index in [9.17, 15) is 4.79 Å². The number of rotatable bonds is 8. The van der Waals surface area contributed by atoms with E-state index in [0.29, 0.717) is 6.61 Å². The number of carbonyl (C=O) groups is 1. The molecule has 1 aliphatic rings. The summed E-state index contributed by atoms with van der Waals surface area (Å²) in [5.41, 5.74) is -0.533. The molecule has 0 radical (unpaired) electrons. The number of hydrogen-bond donors (Lipinski definition) is 1. The van der Waals surface area contributed by atoms with Gasteiger partial charge in [0, 0.05) is 0 Å². The van der Waals surface area contributed by atoms with Gasteiger partial charge in [-0.3, -0.25) is 4.79 Å². The van der Waals surface area contributed by atoms with Crippen LogP contribution in [-0.4, -0.2) is 49.7 Å². The second kappa shape index (κ2) is 9.35. The topological polar surface area (TPSA) is 41.6 Å². The van der Waals surface area contributed by atoms with Crippen molar-refractivity contribution in [3.8, 4) is 0 Å². The standard InChI is InChI=1S/C16H32N2O2/c1-4-20-15(19)16(2,17-3)11-7-10-14-18-12-8-5-6-9-13-18/h17H,4-14H2,1-3H3. The van der Waals surface area contributed by atoms with E-state index in [-0.39, 0.29) is 5.97 Å². The molecule has 4 heteroatoms. The zero-order valence-corrected chi connectivity index (χ0v) is 13.5. The maximum Gasteiger partial charge on any atom is 0.326 e. The molecule has 0 bridgehead atoms. The van der Waals surface area contributed by atoms with Crippen LogP contribution in [0.2, 0.25) is 0 Å². The molecular weight excluding hydrogens is 252 g/mol.